The van der Waals surface area contributed by atoms with Crippen molar-refractivity contribution in [1.29, 1.82) is 0 Å². The maximum Gasteiger partial charge on any atom is 0.123 e. The van der Waals surface area contributed by atoms with Crippen molar-refractivity contribution in [1.82, 2.24) is 15.2 Å². The summed E-state index contributed by atoms with van der Waals surface area (Å²) in [6.07, 6.45) is 0.859. The highest BCUT2D eigenvalue weighted by Gasteiger charge is 2.10. The molecule has 1 aromatic carbocycles. The quantitative estimate of drug-likeness (QED) is 0.883. The predicted octanol–water partition coefficient (Wildman–Crippen LogP) is 1.72. The van der Waals surface area contributed by atoms with Crippen LogP contribution in [-0.4, -0.2) is 42.6 Å². The number of aromatic nitrogens is 1. The van der Waals surface area contributed by atoms with Gasteiger partial charge in [0.05, 0.1) is 5.69 Å². The summed E-state index contributed by atoms with van der Waals surface area (Å²) in [6.45, 7) is 6.17. The summed E-state index contributed by atoms with van der Waals surface area (Å²) < 4.78 is 0. The van der Waals surface area contributed by atoms with Gasteiger partial charge in [-0.25, -0.2) is 4.98 Å². The van der Waals surface area contributed by atoms with Crippen LogP contribution in [0.4, 0.5) is 0 Å². The molecule has 0 unspecified atom stereocenters. The number of benzene rings is 1. The number of thiazole rings is 1. The number of nitrogens with two attached hydrogens (primary N) is 1. The van der Waals surface area contributed by atoms with Crippen LogP contribution in [0, 0.1) is 0 Å². The van der Waals surface area contributed by atoms with Gasteiger partial charge in [0.1, 0.15) is 5.01 Å². The Morgan fingerprint density at radius 1 is 1.19 bits per heavy atom. The van der Waals surface area contributed by atoms with E-state index >= 15 is 0 Å². The second kappa shape index (κ2) is 7.13. The Hall–Kier alpha value is -1.27. The van der Waals surface area contributed by atoms with E-state index in [9.17, 15) is 0 Å². The fourth-order valence-electron chi connectivity index (χ4n) is 2.58. The molecular formula is C16H22N4S. The minimum atomic E-state index is 0.660. The maximum atomic E-state index is 5.57. The summed E-state index contributed by atoms with van der Waals surface area (Å²) in [5, 5.41) is 6.58. The largest absolute Gasteiger partial charge is 0.330 e. The predicted molar refractivity (Wildman–Crippen MR) is 88.5 cm³/mol. The Labute approximate surface area is 130 Å². The first-order valence-corrected chi connectivity index (χ1v) is 8.40. The van der Waals surface area contributed by atoms with E-state index in [-0.39, 0.29) is 0 Å². The van der Waals surface area contributed by atoms with Crippen molar-refractivity contribution in [2.45, 2.75) is 13.0 Å². The summed E-state index contributed by atoms with van der Waals surface area (Å²) in [4.78, 5) is 7.13. The smallest absolute Gasteiger partial charge is 0.123 e. The van der Waals surface area contributed by atoms with E-state index in [1.807, 2.05) is 0 Å². The van der Waals surface area contributed by atoms with E-state index in [2.05, 4.69) is 44.8 Å². The topological polar surface area (TPSA) is 54.2 Å². The molecule has 1 saturated heterocycles. The van der Waals surface area contributed by atoms with E-state index in [1.165, 1.54) is 11.1 Å². The Kier molecular flexibility index (Phi) is 4.98. The van der Waals surface area contributed by atoms with Gasteiger partial charge >= 0.3 is 0 Å². The van der Waals surface area contributed by atoms with Crippen LogP contribution in [0.3, 0.4) is 0 Å². The molecule has 21 heavy (non-hydrogen) atoms. The molecule has 0 saturated carbocycles. The zero-order chi connectivity index (χ0) is 14.5. The van der Waals surface area contributed by atoms with Crippen molar-refractivity contribution in [3.05, 3.63) is 40.9 Å². The number of rotatable bonds is 5. The van der Waals surface area contributed by atoms with Crippen LogP contribution in [0.25, 0.3) is 10.6 Å². The van der Waals surface area contributed by atoms with Gasteiger partial charge < -0.3 is 11.1 Å². The molecule has 0 amide bonds. The van der Waals surface area contributed by atoms with Gasteiger partial charge in [0.15, 0.2) is 0 Å². The van der Waals surface area contributed by atoms with Crippen LogP contribution in [0.2, 0.25) is 0 Å². The monoisotopic (exact) mass is 302 g/mol. The summed E-state index contributed by atoms with van der Waals surface area (Å²) >= 11 is 1.70. The first-order valence-electron chi connectivity index (χ1n) is 7.52. The third-order valence-corrected chi connectivity index (χ3v) is 4.71. The number of nitrogens with zero attached hydrogens (tertiary/aromatic N) is 2. The first kappa shape index (κ1) is 14.7. The van der Waals surface area contributed by atoms with Gasteiger partial charge in [-0.05, 0) is 12.1 Å². The summed E-state index contributed by atoms with van der Waals surface area (Å²) in [5.74, 6) is 0. The van der Waals surface area contributed by atoms with Crippen molar-refractivity contribution in [2.75, 3.05) is 32.7 Å². The number of hydrogen-bond acceptors (Lipinski definition) is 5. The lowest BCUT2D eigenvalue weighted by molar-refractivity contribution is 0.233. The standard InChI is InChI=1S/C16H22N4S/c17-6-5-15-12-21-16(19-15)14-3-1-13(2-4-14)11-20-9-7-18-8-10-20/h1-4,12,18H,5-11,17H2. The van der Waals surface area contributed by atoms with Crippen LogP contribution in [-0.2, 0) is 13.0 Å². The van der Waals surface area contributed by atoms with Crippen molar-refractivity contribution >= 4 is 11.3 Å². The SMILES string of the molecule is NCCc1csc(-c2ccc(CN3CCNCC3)cc2)n1. The number of hydrogen-bond donors (Lipinski definition) is 2. The van der Waals surface area contributed by atoms with Gasteiger partial charge in [0, 0.05) is 50.1 Å². The van der Waals surface area contributed by atoms with Crippen molar-refractivity contribution in [3.63, 3.8) is 0 Å². The molecule has 0 radical (unpaired) electrons. The summed E-state index contributed by atoms with van der Waals surface area (Å²) in [7, 11) is 0. The molecule has 1 aromatic heterocycles. The molecule has 1 fully saturated rings. The van der Waals surface area contributed by atoms with Crippen molar-refractivity contribution in [3.8, 4) is 10.6 Å². The highest BCUT2D eigenvalue weighted by atomic mass is 32.1. The highest BCUT2D eigenvalue weighted by molar-refractivity contribution is 7.13. The Bertz CT molecular complexity index is 558. The normalized spacial score (nSPS) is 16.2. The maximum absolute atomic E-state index is 5.57. The molecule has 4 nitrogen and oxygen atoms in total. The lowest BCUT2D eigenvalue weighted by atomic mass is 10.1. The van der Waals surface area contributed by atoms with E-state index < -0.39 is 0 Å². The minimum Gasteiger partial charge on any atom is -0.330 e. The third-order valence-electron chi connectivity index (χ3n) is 3.77. The molecule has 3 rings (SSSR count). The van der Waals surface area contributed by atoms with Crippen LogP contribution in [0.1, 0.15) is 11.3 Å². The van der Waals surface area contributed by atoms with Gasteiger partial charge in [0.25, 0.3) is 0 Å². The molecular weight excluding hydrogens is 280 g/mol. The minimum absolute atomic E-state index is 0.660. The van der Waals surface area contributed by atoms with E-state index in [4.69, 9.17) is 5.73 Å². The summed E-state index contributed by atoms with van der Waals surface area (Å²) in [5.41, 5.74) is 9.25. The van der Waals surface area contributed by atoms with Crippen LogP contribution in [0.15, 0.2) is 29.6 Å². The van der Waals surface area contributed by atoms with Gasteiger partial charge in [-0.15, -0.1) is 11.3 Å². The fourth-order valence-corrected chi connectivity index (χ4v) is 3.44. The van der Waals surface area contributed by atoms with Gasteiger partial charge in [-0.3, -0.25) is 4.90 Å². The van der Waals surface area contributed by atoms with Gasteiger partial charge in [0.2, 0.25) is 0 Å². The molecule has 0 atom stereocenters. The molecule has 0 bridgehead atoms. The molecule has 5 heteroatoms. The third kappa shape index (κ3) is 3.89. The van der Waals surface area contributed by atoms with Gasteiger partial charge in [-0.2, -0.15) is 0 Å². The molecule has 0 aliphatic carbocycles. The second-order valence-electron chi connectivity index (χ2n) is 5.41. The van der Waals surface area contributed by atoms with E-state index in [1.54, 1.807) is 11.3 Å². The lowest BCUT2D eigenvalue weighted by Crippen LogP contribution is -2.42. The summed E-state index contributed by atoms with van der Waals surface area (Å²) in [6, 6.07) is 8.81. The molecule has 0 spiro atoms. The Balaban J connectivity index is 1.65. The molecule has 2 heterocycles. The second-order valence-corrected chi connectivity index (χ2v) is 6.26. The van der Waals surface area contributed by atoms with Crippen LogP contribution < -0.4 is 11.1 Å². The zero-order valence-corrected chi connectivity index (χ0v) is 13.0. The first-order chi connectivity index (χ1) is 10.3. The Morgan fingerprint density at radius 3 is 2.67 bits per heavy atom. The van der Waals surface area contributed by atoms with Crippen LogP contribution in [0.5, 0.6) is 0 Å². The molecule has 1 aliphatic heterocycles. The average molecular weight is 302 g/mol. The zero-order valence-electron chi connectivity index (χ0n) is 12.2. The number of nitrogens with one attached hydrogen (secondary N) is 1. The van der Waals surface area contributed by atoms with Crippen LogP contribution >= 0.6 is 11.3 Å². The fraction of sp³-hybridized carbons (Fsp3) is 0.438. The lowest BCUT2D eigenvalue weighted by Gasteiger charge is -2.27. The van der Waals surface area contributed by atoms with Gasteiger partial charge in [-0.1, -0.05) is 24.3 Å². The van der Waals surface area contributed by atoms with Crippen molar-refractivity contribution in [2.24, 2.45) is 5.73 Å². The molecule has 112 valence electrons. The molecule has 1 aliphatic rings. The van der Waals surface area contributed by atoms with E-state index in [0.29, 0.717) is 6.54 Å². The highest BCUT2D eigenvalue weighted by Crippen LogP contribution is 2.24. The molecule has 2 aromatic rings. The molecule has 3 N–H and O–H groups in total. The average Bonchev–Trinajstić information content (AvgIpc) is 2.98. The van der Waals surface area contributed by atoms with Crippen molar-refractivity contribution < 1.29 is 0 Å². The van der Waals surface area contributed by atoms with E-state index in [0.717, 1.165) is 49.8 Å². The Morgan fingerprint density at radius 2 is 1.95 bits per heavy atom. The number of piperazine rings is 1.